The number of ether oxygens (including phenoxy) is 1. The van der Waals surface area contributed by atoms with E-state index < -0.39 is 6.10 Å². The van der Waals surface area contributed by atoms with Crippen molar-refractivity contribution in [3.63, 3.8) is 0 Å². The average molecular weight is 454 g/mol. The lowest BCUT2D eigenvalue weighted by molar-refractivity contribution is 0.0731. The first kappa shape index (κ1) is 25.2. The summed E-state index contributed by atoms with van der Waals surface area (Å²) in [5, 5.41) is 11.0. The Morgan fingerprint density at radius 3 is 2.61 bits per heavy atom. The number of anilines is 1. The van der Waals surface area contributed by atoms with Crippen LogP contribution >= 0.6 is 0 Å². The lowest BCUT2D eigenvalue weighted by atomic mass is 9.98. The highest BCUT2D eigenvalue weighted by atomic mass is 16.5. The van der Waals surface area contributed by atoms with Gasteiger partial charge in [0.25, 0.3) is 5.91 Å². The molecule has 1 aliphatic rings. The number of carbonyl (C=O) groups is 1. The Hall–Kier alpha value is -2.41. The number of likely N-dealkylation sites (N-methyl/N-ethyl adjacent to an activating group) is 1. The highest BCUT2D eigenvalue weighted by Crippen LogP contribution is 2.33. The highest BCUT2D eigenvalue weighted by molar-refractivity contribution is 5.95. The van der Waals surface area contributed by atoms with Crippen LogP contribution in [0.5, 0.6) is 0 Å². The molecule has 0 aliphatic carbocycles. The van der Waals surface area contributed by atoms with Crippen molar-refractivity contribution in [2.45, 2.75) is 38.3 Å². The van der Waals surface area contributed by atoms with Gasteiger partial charge in [-0.25, -0.2) is 0 Å². The molecule has 0 spiro atoms. The molecule has 0 saturated heterocycles. The number of carbonyl (C=O) groups excluding carboxylic acids is 1. The summed E-state index contributed by atoms with van der Waals surface area (Å²) in [6, 6.07) is 15.9. The molecule has 3 rings (SSSR count). The highest BCUT2D eigenvalue weighted by Gasteiger charge is 2.23. The third-order valence-electron chi connectivity index (χ3n) is 6.27. The fourth-order valence-electron chi connectivity index (χ4n) is 4.33. The monoisotopic (exact) mass is 453 g/mol. The molecule has 0 fully saturated rings. The van der Waals surface area contributed by atoms with Crippen molar-refractivity contribution in [2.24, 2.45) is 0 Å². The topological polar surface area (TPSA) is 56.3 Å². The second kappa shape index (κ2) is 12.7. The standard InChI is InChI=1S/C27H39N3O3/c1-28(2)16-17-30(21-22-10-6-4-7-11-22)27(32)23-13-14-25-24(20-23)26(31)12-8-5-9-15-29(25)18-19-33-3/h4,6-7,10-11,13-14,20,26,31H,5,8-9,12,15-19,21H2,1-3H3. The molecule has 6 nitrogen and oxygen atoms in total. The summed E-state index contributed by atoms with van der Waals surface area (Å²) < 4.78 is 5.32. The minimum absolute atomic E-state index is 0.000911. The summed E-state index contributed by atoms with van der Waals surface area (Å²) in [5.41, 5.74) is 3.61. The van der Waals surface area contributed by atoms with Gasteiger partial charge in [0, 0.05) is 56.6 Å². The van der Waals surface area contributed by atoms with Crippen molar-refractivity contribution in [1.82, 2.24) is 9.80 Å². The average Bonchev–Trinajstić information content (AvgIpc) is 2.89. The van der Waals surface area contributed by atoms with Crippen LogP contribution in [-0.2, 0) is 11.3 Å². The molecular formula is C27H39N3O3. The number of nitrogens with zero attached hydrogens (tertiary/aromatic N) is 3. The van der Waals surface area contributed by atoms with Crippen molar-refractivity contribution in [2.75, 3.05) is 58.9 Å². The quantitative estimate of drug-likeness (QED) is 0.623. The zero-order valence-electron chi connectivity index (χ0n) is 20.4. The lowest BCUT2D eigenvalue weighted by Crippen LogP contribution is -2.36. The van der Waals surface area contributed by atoms with Gasteiger partial charge in [-0.1, -0.05) is 43.2 Å². The number of amides is 1. The van der Waals surface area contributed by atoms with E-state index in [1.807, 2.05) is 55.4 Å². The number of methoxy groups -OCH3 is 1. The fraction of sp³-hybridized carbons (Fsp3) is 0.519. The van der Waals surface area contributed by atoms with Crippen LogP contribution in [0, 0.1) is 0 Å². The number of fused-ring (bicyclic) bond motifs is 1. The minimum Gasteiger partial charge on any atom is -0.388 e. The summed E-state index contributed by atoms with van der Waals surface area (Å²) in [5.74, 6) is -0.000911. The summed E-state index contributed by atoms with van der Waals surface area (Å²) in [6.07, 6.45) is 3.32. The Morgan fingerprint density at radius 2 is 1.88 bits per heavy atom. The van der Waals surface area contributed by atoms with Crippen LogP contribution in [0.2, 0.25) is 0 Å². The molecular weight excluding hydrogens is 414 g/mol. The predicted octanol–water partition coefficient (Wildman–Crippen LogP) is 3.95. The molecule has 1 heterocycles. The van der Waals surface area contributed by atoms with Crippen LogP contribution in [0.4, 0.5) is 5.69 Å². The zero-order chi connectivity index (χ0) is 23.6. The Balaban J connectivity index is 1.90. The smallest absolute Gasteiger partial charge is 0.254 e. The number of hydrogen-bond acceptors (Lipinski definition) is 5. The van der Waals surface area contributed by atoms with Gasteiger partial charge in [0.05, 0.1) is 12.7 Å². The van der Waals surface area contributed by atoms with Crippen LogP contribution in [-0.4, -0.2) is 74.8 Å². The number of rotatable bonds is 9. The maximum Gasteiger partial charge on any atom is 0.254 e. The van der Waals surface area contributed by atoms with Crippen LogP contribution in [0.15, 0.2) is 48.5 Å². The molecule has 0 aromatic heterocycles. The summed E-state index contributed by atoms with van der Waals surface area (Å²) in [4.78, 5) is 19.9. The molecule has 0 bridgehead atoms. The van der Waals surface area contributed by atoms with E-state index in [9.17, 15) is 9.90 Å². The largest absolute Gasteiger partial charge is 0.388 e. The Labute approximate surface area is 198 Å². The van der Waals surface area contributed by atoms with E-state index in [2.05, 4.69) is 21.9 Å². The van der Waals surface area contributed by atoms with Crippen LogP contribution < -0.4 is 4.90 Å². The van der Waals surface area contributed by atoms with Crippen molar-refractivity contribution in [3.05, 3.63) is 65.2 Å². The Kier molecular flexibility index (Phi) is 9.73. The molecule has 1 unspecified atom stereocenters. The van der Waals surface area contributed by atoms with E-state index in [0.717, 1.165) is 62.1 Å². The van der Waals surface area contributed by atoms with E-state index in [0.29, 0.717) is 25.3 Å². The normalized spacial score (nSPS) is 16.6. The van der Waals surface area contributed by atoms with Gasteiger partial charge in [-0.05, 0) is 50.7 Å². The van der Waals surface area contributed by atoms with E-state index in [-0.39, 0.29) is 5.91 Å². The van der Waals surface area contributed by atoms with Gasteiger partial charge < -0.3 is 24.5 Å². The molecule has 180 valence electrons. The number of aliphatic hydroxyl groups is 1. The molecule has 1 amide bonds. The van der Waals surface area contributed by atoms with Gasteiger partial charge in [0.1, 0.15) is 0 Å². The molecule has 0 radical (unpaired) electrons. The van der Waals surface area contributed by atoms with Gasteiger partial charge in [-0.3, -0.25) is 4.79 Å². The first-order valence-corrected chi connectivity index (χ1v) is 12.0. The van der Waals surface area contributed by atoms with E-state index in [1.165, 1.54) is 0 Å². The first-order chi connectivity index (χ1) is 16.0. The van der Waals surface area contributed by atoms with Crippen LogP contribution in [0.25, 0.3) is 0 Å². The lowest BCUT2D eigenvalue weighted by Gasteiger charge is -2.29. The van der Waals surface area contributed by atoms with Gasteiger partial charge in [-0.15, -0.1) is 0 Å². The van der Waals surface area contributed by atoms with Crippen molar-refractivity contribution >= 4 is 11.6 Å². The molecule has 1 aliphatic heterocycles. The van der Waals surface area contributed by atoms with E-state index >= 15 is 0 Å². The fourth-order valence-corrected chi connectivity index (χ4v) is 4.33. The van der Waals surface area contributed by atoms with Gasteiger partial charge in [0.2, 0.25) is 0 Å². The van der Waals surface area contributed by atoms with Gasteiger partial charge in [0.15, 0.2) is 0 Å². The molecule has 2 aromatic carbocycles. The van der Waals surface area contributed by atoms with Crippen molar-refractivity contribution in [1.29, 1.82) is 0 Å². The maximum atomic E-state index is 13.6. The summed E-state index contributed by atoms with van der Waals surface area (Å²) >= 11 is 0. The van der Waals surface area contributed by atoms with Crippen LogP contribution in [0.1, 0.15) is 53.3 Å². The molecule has 1 atom stereocenters. The second-order valence-electron chi connectivity index (χ2n) is 9.13. The van der Waals surface area contributed by atoms with Crippen LogP contribution in [0.3, 0.4) is 0 Å². The number of aliphatic hydroxyl groups excluding tert-OH is 1. The first-order valence-electron chi connectivity index (χ1n) is 12.0. The van der Waals surface area contributed by atoms with Gasteiger partial charge in [-0.2, -0.15) is 0 Å². The maximum absolute atomic E-state index is 13.6. The molecule has 0 saturated carbocycles. The third kappa shape index (κ3) is 7.29. The molecule has 33 heavy (non-hydrogen) atoms. The Morgan fingerprint density at radius 1 is 1.09 bits per heavy atom. The molecule has 2 aromatic rings. The summed E-state index contributed by atoms with van der Waals surface area (Å²) in [7, 11) is 5.75. The van der Waals surface area contributed by atoms with Crippen molar-refractivity contribution < 1.29 is 14.6 Å². The predicted molar refractivity (Wildman–Crippen MR) is 134 cm³/mol. The SMILES string of the molecule is COCCN1CCCCCC(O)c2cc(C(=O)N(CCN(C)C)Cc3ccccc3)ccc21. The second-order valence-corrected chi connectivity index (χ2v) is 9.13. The van der Waals surface area contributed by atoms with Gasteiger partial charge >= 0.3 is 0 Å². The van der Waals surface area contributed by atoms with E-state index in [4.69, 9.17) is 4.74 Å². The van der Waals surface area contributed by atoms with Crippen molar-refractivity contribution in [3.8, 4) is 0 Å². The number of hydrogen-bond donors (Lipinski definition) is 1. The zero-order valence-corrected chi connectivity index (χ0v) is 20.4. The van der Waals surface area contributed by atoms with E-state index in [1.54, 1.807) is 7.11 Å². The minimum atomic E-state index is -0.569. The molecule has 1 N–H and O–H groups in total. The third-order valence-corrected chi connectivity index (χ3v) is 6.27. The summed E-state index contributed by atoms with van der Waals surface area (Å²) in [6.45, 7) is 4.32. The Bertz CT molecular complexity index is 872. The number of benzene rings is 2. The molecule has 6 heteroatoms.